The normalized spacial score (nSPS) is 10.8. The predicted molar refractivity (Wildman–Crippen MR) is 67.1 cm³/mol. The summed E-state index contributed by atoms with van der Waals surface area (Å²) >= 11 is 0. The van der Waals surface area contributed by atoms with Crippen LogP contribution in [0.1, 0.15) is 0 Å². The highest BCUT2D eigenvalue weighted by molar-refractivity contribution is 5.80. The van der Waals surface area contributed by atoms with Gasteiger partial charge in [0.2, 0.25) is 5.91 Å². The SMILES string of the molecule is COc1cc(NCC(=O)NCC(F)(F)F)cc(OC)c1. The third-order valence-corrected chi connectivity index (χ3v) is 2.29. The quantitative estimate of drug-likeness (QED) is 0.839. The van der Waals surface area contributed by atoms with Gasteiger partial charge in [0.05, 0.1) is 20.8 Å². The second kappa shape index (κ2) is 6.88. The van der Waals surface area contributed by atoms with Gasteiger partial charge in [0.15, 0.2) is 0 Å². The molecular formula is C12H15F3N2O3. The van der Waals surface area contributed by atoms with Gasteiger partial charge >= 0.3 is 6.18 Å². The highest BCUT2D eigenvalue weighted by Crippen LogP contribution is 2.25. The minimum absolute atomic E-state index is 0.285. The van der Waals surface area contributed by atoms with E-state index in [9.17, 15) is 18.0 Å². The fourth-order valence-corrected chi connectivity index (χ4v) is 1.35. The van der Waals surface area contributed by atoms with Crippen molar-refractivity contribution in [3.05, 3.63) is 18.2 Å². The molecule has 2 N–H and O–H groups in total. The maximum atomic E-state index is 11.9. The number of halogens is 3. The lowest BCUT2D eigenvalue weighted by Gasteiger charge is -2.11. The Labute approximate surface area is 114 Å². The van der Waals surface area contributed by atoms with E-state index in [-0.39, 0.29) is 6.54 Å². The van der Waals surface area contributed by atoms with Gasteiger partial charge < -0.3 is 20.1 Å². The van der Waals surface area contributed by atoms with Crippen LogP contribution in [0.25, 0.3) is 0 Å². The number of hydrogen-bond acceptors (Lipinski definition) is 4. The molecule has 0 aliphatic rings. The molecule has 0 saturated carbocycles. The van der Waals surface area contributed by atoms with Gasteiger partial charge in [-0.2, -0.15) is 13.2 Å². The number of amides is 1. The van der Waals surface area contributed by atoms with E-state index in [1.807, 2.05) is 0 Å². The Hall–Kier alpha value is -2.12. The fraction of sp³-hybridized carbons (Fsp3) is 0.417. The molecule has 0 saturated heterocycles. The van der Waals surface area contributed by atoms with Crippen LogP contribution in [0, 0.1) is 0 Å². The van der Waals surface area contributed by atoms with E-state index in [2.05, 4.69) is 5.32 Å². The molecule has 1 aromatic rings. The molecule has 0 spiro atoms. The van der Waals surface area contributed by atoms with Crippen molar-refractivity contribution in [2.75, 3.05) is 32.6 Å². The molecule has 8 heteroatoms. The van der Waals surface area contributed by atoms with Gasteiger partial charge in [0.25, 0.3) is 0 Å². The second-order valence-corrected chi connectivity index (χ2v) is 3.85. The Morgan fingerprint density at radius 2 is 1.70 bits per heavy atom. The molecule has 0 radical (unpaired) electrons. The van der Waals surface area contributed by atoms with Gasteiger partial charge in [-0.3, -0.25) is 4.79 Å². The maximum Gasteiger partial charge on any atom is 0.405 e. The zero-order valence-electron chi connectivity index (χ0n) is 11.0. The third-order valence-electron chi connectivity index (χ3n) is 2.29. The molecule has 20 heavy (non-hydrogen) atoms. The zero-order chi connectivity index (χ0) is 15.2. The Bertz CT molecular complexity index is 442. The third kappa shape index (κ3) is 5.68. The topological polar surface area (TPSA) is 59.6 Å². The van der Waals surface area contributed by atoms with E-state index in [0.717, 1.165) is 0 Å². The average molecular weight is 292 g/mol. The van der Waals surface area contributed by atoms with Crippen molar-refractivity contribution < 1.29 is 27.4 Å². The van der Waals surface area contributed by atoms with Gasteiger partial charge in [0, 0.05) is 23.9 Å². The summed E-state index contributed by atoms with van der Waals surface area (Å²) < 4.78 is 45.8. The van der Waals surface area contributed by atoms with Crippen LogP contribution in [0.5, 0.6) is 11.5 Å². The van der Waals surface area contributed by atoms with Crippen LogP contribution in [0.3, 0.4) is 0 Å². The lowest BCUT2D eigenvalue weighted by molar-refractivity contribution is -0.137. The van der Waals surface area contributed by atoms with Crippen LogP contribution in [0.2, 0.25) is 0 Å². The summed E-state index contributed by atoms with van der Waals surface area (Å²) in [5.41, 5.74) is 0.503. The lowest BCUT2D eigenvalue weighted by atomic mass is 10.2. The molecule has 0 aliphatic carbocycles. The number of alkyl halides is 3. The zero-order valence-corrected chi connectivity index (χ0v) is 11.0. The fourth-order valence-electron chi connectivity index (χ4n) is 1.35. The largest absolute Gasteiger partial charge is 0.497 e. The minimum Gasteiger partial charge on any atom is -0.497 e. The summed E-state index contributed by atoms with van der Waals surface area (Å²) in [4.78, 5) is 11.2. The molecular weight excluding hydrogens is 277 g/mol. The van der Waals surface area contributed by atoms with Crippen LogP contribution < -0.4 is 20.1 Å². The van der Waals surface area contributed by atoms with E-state index >= 15 is 0 Å². The molecule has 0 aliphatic heterocycles. The summed E-state index contributed by atoms with van der Waals surface area (Å²) in [5.74, 6) is 0.245. The number of ether oxygens (including phenoxy) is 2. The van der Waals surface area contributed by atoms with E-state index in [4.69, 9.17) is 9.47 Å². The number of rotatable bonds is 6. The molecule has 0 heterocycles. The van der Waals surface area contributed by atoms with Crippen LogP contribution in [-0.2, 0) is 4.79 Å². The van der Waals surface area contributed by atoms with Crippen molar-refractivity contribution in [3.8, 4) is 11.5 Å². The molecule has 1 rings (SSSR count). The van der Waals surface area contributed by atoms with Gasteiger partial charge in [0.1, 0.15) is 18.0 Å². The van der Waals surface area contributed by atoms with Crippen LogP contribution in [0.15, 0.2) is 18.2 Å². The van der Waals surface area contributed by atoms with Gasteiger partial charge in [-0.1, -0.05) is 0 Å². The summed E-state index contributed by atoms with van der Waals surface area (Å²) in [5, 5.41) is 4.45. The molecule has 0 fully saturated rings. The van der Waals surface area contributed by atoms with Crippen molar-refractivity contribution >= 4 is 11.6 Å². The number of carbonyl (C=O) groups excluding carboxylic acids is 1. The first kappa shape index (κ1) is 15.9. The summed E-state index contributed by atoms with van der Waals surface area (Å²) in [7, 11) is 2.93. The molecule has 112 valence electrons. The van der Waals surface area contributed by atoms with E-state index in [1.54, 1.807) is 23.5 Å². The maximum absolute atomic E-state index is 11.9. The first-order chi connectivity index (χ1) is 9.34. The van der Waals surface area contributed by atoms with Crippen LogP contribution in [-0.4, -0.2) is 39.4 Å². The minimum atomic E-state index is -4.42. The Morgan fingerprint density at radius 3 is 2.15 bits per heavy atom. The number of hydrogen-bond donors (Lipinski definition) is 2. The molecule has 0 atom stereocenters. The number of nitrogens with one attached hydrogen (secondary N) is 2. The average Bonchev–Trinajstić information content (AvgIpc) is 2.41. The smallest absolute Gasteiger partial charge is 0.405 e. The number of benzene rings is 1. The summed E-state index contributed by atoms with van der Waals surface area (Å²) in [6.45, 7) is -1.64. The lowest BCUT2D eigenvalue weighted by Crippen LogP contribution is -2.37. The molecule has 0 bridgehead atoms. The first-order valence-electron chi connectivity index (χ1n) is 5.64. The number of anilines is 1. The standard InChI is InChI=1S/C12H15F3N2O3/c1-19-9-3-8(4-10(5-9)20-2)16-6-11(18)17-7-12(13,14)15/h3-5,16H,6-7H2,1-2H3,(H,17,18). The highest BCUT2D eigenvalue weighted by atomic mass is 19.4. The van der Waals surface area contributed by atoms with Gasteiger partial charge in [-0.05, 0) is 0 Å². The molecule has 0 unspecified atom stereocenters. The summed E-state index contributed by atoms with van der Waals surface area (Å²) in [6.07, 6.45) is -4.42. The van der Waals surface area contributed by atoms with Gasteiger partial charge in [-0.25, -0.2) is 0 Å². The van der Waals surface area contributed by atoms with Crippen LogP contribution >= 0.6 is 0 Å². The number of methoxy groups -OCH3 is 2. The Balaban J connectivity index is 2.54. The Kier molecular flexibility index (Phi) is 5.48. The molecule has 1 amide bonds. The van der Waals surface area contributed by atoms with Crippen LogP contribution in [0.4, 0.5) is 18.9 Å². The second-order valence-electron chi connectivity index (χ2n) is 3.85. The van der Waals surface area contributed by atoms with Gasteiger partial charge in [-0.15, -0.1) is 0 Å². The molecule has 1 aromatic carbocycles. The van der Waals surface area contributed by atoms with E-state index in [1.165, 1.54) is 14.2 Å². The first-order valence-corrected chi connectivity index (χ1v) is 5.64. The van der Waals surface area contributed by atoms with Crippen molar-refractivity contribution in [2.45, 2.75) is 6.18 Å². The van der Waals surface area contributed by atoms with Crippen molar-refractivity contribution in [2.24, 2.45) is 0 Å². The van der Waals surface area contributed by atoms with E-state index < -0.39 is 18.6 Å². The monoisotopic (exact) mass is 292 g/mol. The molecule has 0 aromatic heterocycles. The molecule has 5 nitrogen and oxygen atoms in total. The highest BCUT2D eigenvalue weighted by Gasteiger charge is 2.27. The van der Waals surface area contributed by atoms with Crippen molar-refractivity contribution in [1.29, 1.82) is 0 Å². The van der Waals surface area contributed by atoms with Crippen molar-refractivity contribution in [3.63, 3.8) is 0 Å². The van der Waals surface area contributed by atoms with E-state index in [0.29, 0.717) is 17.2 Å². The predicted octanol–water partition coefficient (Wildman–Crippen LogP) is 1.79. The summed E-state index contributed by atoms with van der Waals surface area (Å²) in [6, 6.07) is 4.83. The Morgan fingerprint density at radius 1 is 1.15 bits per heavy atom. The van der Waals surface area contributed by atoms with Crippen molar-refractivity contribution in [1.82, 2.24) is 5.32 Å². The number of carbonyl (C=O) groups is 1.